The maximum Gasteiger partial charge on any atom is 0.416 e. The molecule has 0 bridgehead atoms. The fraction of sp³-hybridized carbons (Fsp3) is 0.400. The van der Waals surface area contributed by atoms with Gasteiger partial charge in [0.15, 0.2) is 0 Å². The van der Waals surface area contributed by atoms with E-state index in [1.54, 1.807) is 60.7 Å². The number of hydrogen-bond acceptors (Lipinski definition) is 22. The van der Waals surface area contributed by atoms with Gasteiger partial charge in [0.2, 0.25) is 0 Å². The van der Waals surface area contributed by atoms with Gasteiger partial charge < -0.3 is 109 Å². The number of halogens is 6. The number of rotatable bonds is 6. The molecule has 0 aliphatic carbocycles. The maximum absolute atomic E-state index is 13.0. The Morgan fingerprint density at radius 1 is 0.196 bits per heavy atom. The average molecular weight is 2030 g/mol. The first-order chi connectivity index (χ1) is 70.8. The minimum atomic E-state index is -4.41. The minimum Gasteiger partial charge on any atom is -0.508 e. The van der Waals surface area contributed by atoms with Gasteiger partial charge in [-0.05, 0) is 186 Å². The number of hydrogen-bond donors (Lipinski definition) is 10. The van der Waals surface area contributed by atoms with Gasteiger partial charge in [-0.3, -0.25) is 0 Å². The Hall–Kier alpha value is -12.3. The SMILES string of the molecule is CC(C)(C)c1ccc2c(c1)C1OCCOC1C(c1ccc(O)cc1)N2.CC(C)(C)c1ccc2c(c1)C1OCCOC1C(c1ccccc1)N2.CC(C)(C)c1ccc2c(c1)[C@H]1OCCO[C@H]1[C@H](c1ccc(O)cc1)N2.CC(C)(C)c1ccc2c(c1)[C@H]1OCCO[C@H]1[C@H](c1ccccc1)N2.Oc1cccc(C2Nc3ccc(C(F)(F)F)cc3C3OCCOC23)c1.Oc1cccc([C@@H]2Nc3ccc(C(F)(F)F)cc3[C@H]3OCCO[C@H]32)c1. The van der Waals surface area contributed by atoms with Gasteiger partial charge >= 0.3 is 12.4 Å². The van der Waals surface area contributed by atoms with E-state index < -0.39 is 47.9 Å². The van der Waals surface area contributed by atoms with Crippen LogP contribution in [0.2, 0.25) is 0 Å². The number of alkyl halides is 6. The average Bonchev–Trinajstić information content (AvgIpc) is 0.758. The summed E-state index contributed by atoms with van der Waals surface area (Å²) in [5.41, 5.74) is 21.8. The zero-order valence-electron chi connectivity index (χ0n) is 85.2. The standard InChI is InChI=1S/2C21H25NO3.2C21H25NO2.2C18H16F3NO3/c2*1-21(2,3)14-6-9-17-16(12-14)19-20(25-11-10-24-19)18(22-17)13-4-7-15(23)8-5-13;2*1-21(2,3)15-9-10-17-16(13-15)19-20(24-12-11-23-19)18(22-17)14-7-5-4-6-8-14;2*19-18(20,21)11-4-5-14-13(9-11)16-17(25-7-6-24-16)15(22-14)10-2-1-3-12(23)8-10/h2*4-9,12,18-20,22-23H,10-11H2,1-3H3;2*4-10,13,18-20,22H,11-12H2,1-3H3;2*1-5,8-9,15-17,22-23H,6-7H2/t18-,19+,20-;;18-,19+,20-;;15-,16+,17-;/m0.0.0./s1. The highest BCUT2D eigenvalue weighted by Gasteiger charge is 2.50. The summed E-state index contributed by atoms with van der Waals surface area (Å²) in [5.74, 6) is 0.774. The van der Waals surface area contributed by atoms with E-state index >= 15 is 0 Å². The number of nitrogens with one attached hydrogen (secondary N) is 6. The van der Waals surface area contributed by atoms with Crippen LogP contribution in [0.15, 0.2) is 267 Å². The molecule has 0 saturated carbocycles. The number of aromatic hydroxyl groups is 4. The molecule has 12 aliphatic rings. The van der Waals surface area contributed by atoms with Crippen molar-refractivity contribution in [3.8, 4) is 23.0 Å². The van der Waals surface area contributed by atoms with E-state index in [1.165, 1.54) is 67.8 Å². The van der Waals surface area contributed by atoms with Crippen LogP contribution in [0, 0.1) is 0 Å². The normalized spacial score (nSPS) is 25.8. The molecule has 18 atom stereocenters. The molecule has 148 heavy (non-hydrogen) atoms. The van der Waals surface area contributed by atoms with Gasteiger partial charge in [-0.2, -0.15) is 26.3 Å². The van der Waals surface area contributed by atoms with E-state index in [-0.39, 0.29) is 130 Å². The van der Waals surface area contributed by atoms with Crippen LogP contribution in [0.4, 0.5) is 60.5 Å². The molecule has 12 aliphatic heterocycles. The van der Waals surface area contributed by atoms with E-state index in [1.807, 2.05) is 48.5 Å². The molecule has 0 aromatic heterocycles. The van der Waals surface area contributed by atoms with E-state index in [0.717, 1.165) is 69.3 Å². The largest absolute Gasteiger partial charge is 0.508 e. The summed E-state index contributed by atoms with van der Waals surface area (Å²) in [6.45, 7) is 33.2. The van der Waals surface area contributed by atoms with E-state index in [9.17, 15) is 46.8 Å². The van der Waals surface area contributed by atoms with Gasteiger partial charge in [-0.1, -0.05) is 241 Å². The van der Waals surface area contributed by atoms with Crippen LogP contribution in [0.3, 0.4) is 0 Å². The third-order valence-electron chi connectivity index (χ3n) is 29.3. The quantitative estimate of drug-likeness (QED) is 0.0694. The van der Waals surface area contributed by atoms with Crippen molar-refractivity contribution in [1.82, 2.24) is 0 Å². The molecule has 28 heteroatoms. The first-order valence-corrected chi connectivity index (χ1v) is 51.1. The Bertz CT molecular complexity index is 6200. The molecule has 0 spiro atoms. The second kappa shape index (κ2) is 43.4. The number of ether oxygens (including phenoxy) is 12. The number of benzene rings is 12. The molecule has 6 saturated heterocycles. The van der Waals surface area contributed by atoms with Crippen molar-refractivity contribution in [3.05, 3.63) is 367 Å². The van der Waals surface area contributed by atoms with Crippen LogP contribution in [0.25, 0.3) is 0 Å². The Morgan fingerprint density at radius 2 is 0.385 bits per heavy atom. The lowest BCUT2D eigenvalue weighted by molar-refractivity contribution is -0.152. The molecule has 10 N–H and O–H groups in total. The molecule has 0 radical (unpaired) electrons. The van der Waals surface area contributed by atoms with Crippen LogP contribution in [0.5, 0.6) is 23.0 Å². The molecule has 9 unspecified atom stereocenters. The summed E-state index contributed by atoms with van der Waals surface area (Å²) in [6.07, 6.45) is -11.3. The highest BCUT2D eigenvalue weighted by atomic mass is 19.4. The van der Waals surface area contributed by atoms with E-state index in [2.05, 4.69) is 236 Å². The molecule has 12 heterocycles. The lowest BCUT2D eigenvalue weighted by Crippen LogP contribution is -2.43. The number of fused-ring (bicyclic) bond motifs is 18. The third kappa shape index (κ3) is 23.1. The van der Waals surface area contributed by atoms with Gasteiger partial charge in [0.1, 0.15) is 96.2 Å². The first-order valence-electron chi connectivity index (χ1n) is 51.1. The smallest absolute Gasteiger partial charge is 0.416 e. The van der Waals surface area contributed by atoms with Gasteiger partial charge in [-0.15, -0.1) is 0 Å². The van der Waals surface area contributed by atoms with Crippen molar-refractivity contribution in [2.24, 2.45) is 0 Å². The third-order valence-corrected chi connectivity index (χ3v) is 29.3. The fourth-order valence-electron chi connectivity index (χ4n) is 21.5. The summed E-state index contributed by atoms with van der Waals surface area (Å²) in [4.78, 5) is 0. The lowest BCUT2D eigenvalue weighted by Gasteiger charge is -2.43. The molecule has 22 nitrogen and oxygen atoms in total. The minimum absolute atomic E-state index is 0.00103. The van der Waals surface area contributed by atoms with Crippen molar-refractivity contribution in [3.63, 3.8) is 0 Å². The van der Waals surface area contributed by atoms with Crippen molar-refractivity contribution >= 4 is 34.1 Å². The molecular formula is C120H132F6N6O16. The Balaban J connectivity index is 0.000000112. The summed E-state index contributed by atoms with van der Waals surface area (Å²) in [5, 5.41) is 59.7. The molecule has 24 rings (SSSR count). The van der Waals surface area contributed by atoms with Crippen molar-refractivity contribution < 1.29 is 104 Å². The molecular weight excluding hydrogens is 1900 g/mol. The number of phenols is 4. The van der Waals surface area contributed by atoms with E-state index in [0.29, 0.717) is 102 Å². The number of phenolic OH excluding ortho intramolecular Hbond substituents is 4. The van der Waals surface area contributed by atoms with E-state index in [4.69, 9.17) is 56.8 Å². The van der Waals surface area contributed by atoms with Crippen LogP contribution in [0.1, 0.15) is 256 Å². The maximum atomic E-state index is 13.0. The summed E-state index contributed by atoms with van der Waals surface area (Å²) >= 11 is 0. The predicted octanol–water partition coefficient (Wildman–Crippen LogP) is 25.9. The first kappa shape index (κ1) is 104. The predicted molar refractivity (Wildman–Crippen MR) is 558 cm³/mol. The number of anilines is 6. The van der Waals surface area contributed by atoms with Crippen molar-refractivity contribution in [2.45, 2.75) is 227 Å². The molecule has 12 aromatic rings. The second-order valence-corrected chi connectivity index (χ2v) is 43.5. The Kier molecular flexibility index (Phi) is 30.6. The molecule has 780 valence electrons. The molecule has 12 aromatic carbocycles. The van der Waals surface area contributed by atoms with Gasteiger partial charge in [0.25, 0.3) is 0 Å². The summed E-state index contributed by atoms with van der Waals surface area (Å²) in [6, 6.07) is 82.4. The molecule has 0 amide bonds. The van der Waals surface area contributed by atoms with Crippen LogP contribution >= 0.6 is 0 Å². The summed E-state index contributed by atoms with van der Waals surface area (Å²) in [7, 11) is 0. The van der Waals surface area contributed by atoms with Gasteiger partial charge in [0.05, 0.1) is 127 Å². The lowest BCUT2D eigenvalue weighted by atomic mass is 9.82. The van der Waals surface area contributed by atoms with Gasteiger partial charge in [-0.25, -0.2) is 0 Å². The highest BCUT2D eigenvalue weighted by molar-refractivity contribution is 5.66. The highest BCUT2D eigenvalue weighted by Crippen LogP contribution is 2.55. The van der Waals surface area contributed by atoms with Crippen LogP contribution in [-0.2, 0) is 90.9 Å². The zero-order valence-corrected chi connectivity index (χ0v) is 85.2. The van der Waals surface area contributed by atoms with Crippen molar-refractivity contribution in [1.29, 1.82) is 0 Å². The fourth-order valence-corrected chi connectivity index (χ4v) is 21.5. The van der Waals surface area contributed by atoms with Crippen LogP contribution in [-0.4, -0.2) is 136 Å². The monoisotopic (exact) mass is 2030 g/mol. The molecule has 6 fully saturated rings. The topological polar surface area (TPSA) is 264 Å². The summed E-state index contributed by atoms with van der Waals surface area (Å²) < 4.78 is 151. The van der Waals surface area contributed by atoms with Gasteiger partial charge in [0, 0.05) is 67.5 Å². The van der Waals surface area contributed by atoms with Crippen molar-refractivity contribution in [2.75, 3.05) is 111 Å². The van der Waals surface area contributed by atoms with Crippen LogP contribution < -0.4 is 31.9 Å². The Morgan fingerprint density at radius 3 is 0.595 bits per heavy atom. The Labute approximate surface area is 860 Å². The zero-order chi connectivity index (χ0) is 104. The second-order valence-electron chi connectivity index (χ2n) is 43.5.